The molecule has 0 unspecified atom stereocenters. The van der Waals surface area contributed by atoms with Gasteiger partial charge >= 0.3 is 10.2 Å². The fourth-order valence-corrected chi connectivity index (χ4v) is 2.81. The Balaban J connectivity index is 2.85. The number of nitrogens with one attached hydrogen (secondary N) is 1. The van der Waals surface area contributed by atoms with Crippen LogP contribution in [-0.4, -0.2) is 47.0 Å². The second-order valence-electron chi connectivity index (χ2n) is 4.21. The van der Waals surface area contributed by atoms with Gasteiger partial charge in [0.05, 0.1) is 5.69 Å². The SMILES string of the molecule is CNCCCN(C)S(=O)(=O)N(C)c1ccccc1F. The second kappa shape index (κ2) is 6.83. The summed E-state index contributed by atoms with van der Waals surface area (Å²) in [6, 6.07) is 5.80. The van der Waals surface area contributed by atoms with E-state index in [1.165, 1.54) is 36.6 Å². The molecule has 0 bridgehead atoms. The van der Waals surface area contributed by atoms with Crippen LogP contribution in [0.5, 0.6) is 0 Å². The van der Waals surface area contributed by atoms with Gasteiger partial charge in [0.1, 0.15) is 5.82 Å². The number of anilines is 1. The van der Waals surface area contributed by atoms with E-state index in [0.717, 1.165) is 10.8 Å². The minimum Gasteiger partial charge on any atom is -0.320 e. The summed E-state index contributed by atoms with van der Waals surface area (Å²) in [5, 5.41) is 2.95. The van der Waals surface area contributed by atoms with E-state index in [9.17, 15) is 12.8 Å². The van der Waals surface area contributed by atoms with Crippen molar-refractivity contribution in [3.8, 4) is 0 Å². The third-order valence-corrected chi connectivity index (χ3v) is 4.69. The van der Waals surface area contributed by atoms with Crippen molar-refractivity contribution in [1.29, 1.82) is 0 Å². The van der Waals surface area contributed by atoms with Crippen molar-refractivity contribution in [1.82, 2.24) is 9.62 Å². The molecule has 0 spiro atoms. The van der Waals surface area contributed by atoms with Gasteiger partial charge in [-0.2, -0.15) is 12.7 Å². The molecule has 7 heteroatoms. The second-order valence-corrected chi connectivity index (χ2v) is 6.27. The first kappa shape index (κ1) is 15.9. The standard InChI is InChI=1S/C12H20FN3O2S/c1-14-9-6-10-15(2)19(17,18)16(3)12-8-5-4-7-11(12)13/h4-5,7-8,14H,6,9-10H2,1-3H3. The Labute approximate surface area is 114 Å². The Morgan fingerprint density at radius 1 is 1.26 bits per heavy atom. The smallest absolute Gasteiger partial charge is 0.303 e. The highest BCUT2D eigenvalue weighted by Gasteiger charge is 2.25. The van der Waals surface area contributed by atoms with Gasteiger partial charge in [0, 0.05) is 20.6 Å². The molecule has 0 aliphatic rings. The highest BCUT2D eigenvalue weighted by atomic mass is 32.2. The lowest BCUT2D eigenvalue weighted by molar-refractivity contribution is 0.456. The largest absolute Gasteiger partial charge is 0.320 e. The minimum absolute atomic E-state index is 0.0444. The molecule has 0 aliphatic heterocycles. The van der Waals surface area contributed by atoms with Crippen LogP contribution in [0.25, 0.3) is 0 Å². The van der Waals surface area contributed by atoms with Gasteiger partial charge in [-0.15, -0.1) is 0 Å². The third-order valence-electron chi connectivity index (χ3n) is 2.83. The summed E-state index contributed by atoms with van der Waals surface area (Å²) < 4.78 is 40.3. The number of hydrogen-bond donors (Lipinski definition) is 1. The first-order valence-electron chi connectivity index (χ1n) is 6.00. The molecular formula is C12H20FN3O2S. The maximum absolute atomic E-state index is 13.6. The molecule has 0 saturated heterocycles. The average Bonchev–Trinajstić information content (AvgIpc) is 2.38. The van der Waals surface area contributed by atoms with E-state index in [2.05, 4.69) is 5.32 Å². The van der Waals surface area contributed by atoms with Crippen LogP contribution >= 0.6 is 0 Å². The molecule has 1 aromatic rings. The van der Waals surface area contributed by atoms with Crippen molar-refractivity contribution < 1.29 is 12.8 Å². The van der Waals surface area contributed by atoms with Crippen LogP contribution in [0, 0.1) is 5.82 Å². The van der Waals surface area contributed by atoms with E-state index in [1.54, 1.807) is 13.1 Å². The zero-order chi connectivity index (χ0) is 14.5. The fraction of sp³-hybridized carbons (Fsp3) is 0.500. The average molecular weight is 289 g/mol. The van der Waals surface area contributed by atoms with E-state index >= 15 is 0 Å². The third kappa shape index (κ3) is 3.89. The van der Waals surface area contributed by atoms with Crippen molar-refractivity contribution in [3.05, 3.63) is 30.1 Å². The lowest BCUT2D eigenvalue weighted by Crippen LogP contribution is -2.41. The van der Waals surface area contributed by atoms with E-state index in [0.29, 0.717) is 13.0 Å². The van der Waals surface area contributed by atoms with Gasteiger partial charge in [-0.1, -0.05) is 12.1 Å². The summed E-state index contributed by atoms with van der Waals surface area (Å²) in [6.07, 6.45) is 0.692. The molecule has 0 atom stereocenters. The van der Waals surface area contributed by atoms with Crippen LogP contribution in [0.1, 0.15) is 6.42 Å². The van der Waals surface area contributed by atoms with Crippen LogP contribution in [0.2, 0.25) is 0 Å². The van der Waals surface area contributed by atoms with Crippen molar-refractivity contribution in [2.24, 2.45) is 0 Å². The Hall–Kier alpha value is -1.18. The minimum atomic E-state index is -3.70. The summed E-state index contributed by atoms with van der Waals surface area (Å²) in [7, 11) is 0.947. The van der Waals surface area contributed by atoms with Crippen LogP contribution < -0.4 is 9.62 Å². The summed E-state index contributed by atoms with van der Waals surface area (Å²) in [6.45, 7) is 1.10. The Morgan fingerprint density at radius 2 is 1.89 bits per heavy atom. The quantitative estimate of drug-likeness (QED) is 0.763. The first-order chi connectivity index (χ1) is 8.91. The number of rotatable bonds is 7. The molecule has 0 aromatic heterocycles. The van der Waals surface area contributed by atoms with Gasteiger partial charge in [0.2, 0.25) is 0 Å². The van der Waals surface area contributed by atoms with Gasteiger partial charge < -0.3 is 5.32 Å². The number of benzene rings is 1. The van der Waals surface area contributed by atoms with E-state index in [4.69, 9.17) is 0 Å². The molecule has 19 heavy (non-hydrogen) atoms. The van der Waals surface area contributed by atoms with Crippen molar-refractivity contribution in [2.75, 3.05) is 38.5 Å². The molecular weight excluding hydrogens is 269 g/mol. The molecule has 5 nitrogen and oxygen atoms in total. The monoisotopic (exact) mass is 289 g/mol. The summed E-state index contributed by atoms with van der Waals surface area (Å²) in [5.41, 5.74) is 0.0444. The number of nitrogens with zero attached hydrogens (tertiary/aromatic N) is 2. The highest BCUT2D eigenvalue weighted by Crippen LogP contribution is 2.21. The van der Waals surface area contributed by atoms with Gasteiger partial charge in [-0.05, 0) is 32.1 Å². The Morgan fingerprint density at radius 3 is 2.47 bits per heavy atom. The van der Waals surface area contributed by atoms with Crippen molar-refractivity contribution in [3.63, 3.8) is 0 Å². The van der Waals surface area contributed by atoms with Gasteiger partial charge in [-0.25, -0.2) is 4.39 Å². The van der Waals surface area contributed by atoms with Crippen molar-refractivity contribution >= 4 is 15.9 Å². The highest BCUT2D eigenvalue weighted by molar-refractivity contribution is 7.90. The molecule has 108 valence electrons. The summed E-state index contributed by atoms with van der Waals surface area (Å²) in [4.78, 5) is 0. The van der Waals surface area contributed by atoms with E-state index < -0.39 is 16.0 Å². The predicted molar refractivity (Wildman–Crippen MR) is 74.9 cm³/mol. The number of halogens is 1. The number of hydrogen-bond acceptors (Lipinski definition) is 3. The van der Waals surface area contributed by atoms with E-state index in [-0.39, 0.29) is 5.69 Å². The summed E-state index contributed by atoms with van der Waals surface area (Å²) in [5.74, 6) is -0.558. The molecule has 0 aliphatic carbocycles. The Kier molecular flexibility index (Phi) is 5.71. The fourth-order valence-electron chi connectivity index (χ4n) is 1.63. The maximum Gasteiger partial charge on any atom is 0.303 e. The lowest BCUT2D eigenvalue weighted by Gasteiger charge is -2.26. The number of para-hydroxylation sites is 1. The predicted octanol–water partition coefficient (Wildman–Crippen LogP) is 1.05. The van der Waals surface area contributed by atoms with Crippen molar-refractivity contribution in [2.45, 2.75) is 6.42 Å². The lowest BCUT2D eigenvalue weighted by atomic mass is 10.3. The maximum atomic E-state index is 13.6. The van der Waals surface area contributed by atoms with Gasteiger partial charge in [-0.3, -0.25) is 4.31 Å². The first-order valence-corrected chi connectivity index (χ1v) is 7.40. The summed E-state index contributed by atoms with van der Waals surface area (Å²) >= 11 is 0. The van der Waals surface area contributed by atoms with Gasteiger partial charge in [0.25, 0.3) is 0 Å². The molecule has 1 aromatic carbocycles. The normalized spacial score (nSPS) is 11.8. The zero-order valence-electron chi connectivity index (χ0n) is 11.4. The van der Waals surface area contributed by atoms with Crippen LogP contribution in [0.15, 0.2) is 24.3 Å². The Bertz CT molecular complexity index is 507. The molecule has 0 heterocycles. The van der Waals surface area contributed by atoms with Crippen LogP contribution in [0.4, 0.5) is 10.1 Å². The molecule has 0 radical (unpaired) electrons. The van der Waals surface area contributed by atoms with E-state index in [1.807, 2.05) is 0 Å². The van der Waals surface area contributed by atoms with Crippen LogP contribution in [0.3, 0.4) is 0 Å². The molecule has 1 rings (SSSR count). The topological polar surface area (TPSA) is 52.7 Å². The molecule has 0 saturated carbocycles. The zero-order valence-corrected chi connectivity index (χ0v) is 12.2. The van der Waals surface area contributed by atoms with Crippen LogP contribution in [-0.2, 0) is 10.2 Å². The molecule has 0 amide bonds. The molecule has 1 N–H and O–H groups in total. The molecule has 0 fully saturated rings. The van der Waals surface area contributed by atoms with Gasteiger partial charge in [0.15, 0.2) is 0 Å².